The predicted octanol–water partition coefficient (Wildman–Crippen LogP) is 4.37. The molecule has 1 aromatic rings. The molecule has 1 aliphatic carbocycles. The predicted molar refractivity (Wildman–Crippen MR) is 102 cm³/mol. The second-order valence-electron chi connectivity index (χ2n) is 6.78. The third kappa shape index (κ3) is 4.57. The Morgan fingerprint density at radius 2 is 1.96 bits per heavy atom. The SMILES string of the molecule is CNCCC1CCN(C(=O)C2CC2c2ccc(Cl)c(Cl)c2)CC1.Cl. The number of carbonyl (C=O) groups excluding carboxylic acids is 1. The van der Waals surface area contributed by atoms with Crippen LogP contribution in [0.5, 0.6) is 0 Å². The van der Waals surface area contributed by atoms with Gasteiger partial charge >= 0.3 is 0 Å². The fraction of sp³-hybridized carbons (Fsp3) is 0.611. The Labute approximate surface area is 160 Å². The molecular weight excluding hydrogens is 367 g/mol. The molecule has 0 spiro atoms. The van der Waals surface area contributed by atoms with Crippen LogP contribution in [0, 0.1) is 11.8 Å². The first-order valence-electron chi connectivity index (χ1n) is 8.48. The number of amides is 1. The quantitative estimate of drug-likeness (QED) is 0.808. The van der Waals surface area contributed by atoms with E-state index in [1.807, 2.05) is 25.2 Å². The van der Waals surface area contributed by atoms with Crippen LogP contribution in [0.2, 0.25) is 10.0 Å². The molecule has 6 heteroatoms. The van der Waals surface area contributed by atoms with Gasteiger partial charge in [-0.3, -0.25) is 4.79 Å². The van der Waals surface area contributed by atoms with Crippen LogP contribution in [0.15, 0.2) is 18.2 Å². The molecule has 1 aliphatic heterocycles. The van der Waals surface area contributed by atoms with Crippen molar-refractivity contribution in [1.29, 1.82) is 0 Å². The zero-order chi connectivity index (χ0) is 16.4. The third-order valence-electron chi connectivity index (χ3n) is 5.21. The first kappa shape index (κ1) is 19.8. The smallest absolute Gasteiger partial charge is 0.226 e. The summed E-state index contributed by atoms with van der Waals surface area (Å²) in [5.74, 6) is 1.55. The van der Waals surface area contributed by atoms with Crippen molar-refractivity contribution in [1.82, 2.24) is 10.2 Å². The monoisotopic (exact) mass is 390 g/mol. The molecule has 2 atom stereocenters. The average Bonchev–Trinajstić information content (AvgIpc) is 3.36. The summed E-state index contributed by atoms with van der Waals surface area (Å²) in [5, 5.41) is 4.36. The second-order valence-corrected chi connectivity index (χ2v) is 7.60. The van der Waals surface area contributed by atoms with Crippen molar-refractivity contribution in [3.05, 3.63) is 33.8 Å². The van der Waals surface area contributed by atoms with E-state index in [9.17, 15) is 4.79 Å². The molecule has 2 fully saturated rings. The highest BCUT2D eigenvalue weighted by molar-refractivity contribution is 6.42. The molecule has 1 N–H and O–H groups in total. The summed E-state index contributed by atoms with van der Waals surface area (Å²) in [6.45, 7) is 2.90. The zero-order valence-corrected chi connectivity index (χ0v) is 16.3. The zero-order valence-electron chi connectivity index (χ0n) is 13.9. The third-order valence-corrected chi connectivity index (χ3v) is 5.95. The Kier molecular flexibility index (Phi) is 7.23. The normalized spacial score (nSPS) is 23.7. The molecule has 1 saturated carbocycles. The van der Waals surface area contributed by atoms with Gasteiger partial charge in [0.05, 0.1) is 10.0 Å². The molecule has 1 amide bonds. The van der Waals surface area contributed by atoms with E-state index in [1.165, 1.54) is 6.42 Å². The molecule has 3 nitrogen and oxygen atoms in total. The van der Waals surface area contributed by atoms with E-state index in [1.54, 1.807) is 0 Å². The Bertz CT molecular complexity index is 573. The summed E-state index contributed by atoms with van der Waals surface area (Å²) >= 11 is 12.1. The van der Waals surface area contributed by atoms with E-state index in [4.69, 9.17) is 23.2 Å². The lowest BCUT2D eigenvalue weighted by Crippen LogP contribution is -2.40. The molecular formula is C18H25Cl3N2O. The first-order valence-corrected chi connectivity index (χ1v) is 9.24. The topological polar surface area (TPSA) is 32.3 Å². The number of piperidine rings is 1. The Hall–Kier alpha value is -0.480. The number of nitrogens with one attached hydrogen (secondary N) is 1. The lowest BCUT2D eigenvalue weighted by molar-refractivity contribution is -0.134. The van der Waals surface area contributed by atoms with E-state index in [-0.39, 0.29) is 18.3 Å². The molecule has 24 heavy (non-hydrogen) atoms. The van der Waals surface area contributed by atoms with Crippen molar-refractivity contribution in [2.75, 3.05) is 26.7 Å². The molecule has 1 saturated heterocycles. The van der Waals surface area contributed by atoms with Gasteiger partial charge in [0.2, 0.25) is 5.91 Å². The minimum absolute atomic E-state index is 0. The average molecular weight is 392 g/mol. The van der Waals surface area contributed by atoms with E-state index < -0.39 is 0 Å². The number of carbonyl (C=O) groups is 1. The van der Waals surface area contributed by atoms with E-state index >= 15 is 0 Å². The standard InChI is InChI=1S/C18H24Cl2N2O.ClH/c1-21-7-4-12-5-8-22(9-6-12)18(23)15-11-14(15)13-2-3-16(19)17(20)10-13;/h2-3,10,12,14-15,21H,4-9,11H2,1H3;1H. The van der Waals surface area contributed by atoms with Gasteiger partial charge in [-0.15, -0.1) is 12.4 Å². The number of halogens is 3. The molecule has 3 rings (SSSR count). The van der Waals surface area contributed by atoms with Crippen LogP contribution in [0.1, 0.15) is 37.2 Å². The van der Waals surface area contributed by atoms with Gasteiger partial charge in [0, 0.05) is 19.0 Å². The number of hydrogen-bond donors (Lipinski definition) is 1. The second kappa shape index (κ2) is 8.75. The summed E-state index contributed by atoms with van der Waals surface area (Å²) in [5.41, 5.74) is 1.14. The minimum Gasteiger partial charge on any atom is -0.342 e. The van der Waals surface area contributed by atoms with Gasteiger partial charge in [0.25, 0.3) is 0 Å². The number of rotatable bonds is 5. The number of benzene rings is 1. The highest BCUT2D eigenvalue weighted by Gasteiger charge is 2.46. The van der Waals surface area contributed by atoms with Crippen LogP contribution in [-0.2, 0) is 4.79 Å². The van der Waals surface area contributed by atoms with Crippen LogP contribution in [0.25, 0.3) is 0 Å². The highest BCUT2D eigenvalue weighted by atomic mass is 35.5. The first-order chi connectivity index (χ1) is 11.1. The fourth-order valence-electron chi connectivity index (χ4n) is 3.60. The number of nitrogens with zero attached hydrogens (tertiary/aromatic N) is 1. The molecule has 0 bridgehead atoms. The number of hydrogen-bond acceptors (Lipinski definition) is 2. The van der Waals surface area contributed by atoms with E-state index in [0.717, 1.165) is 50.4 Å². The molecule has 134 valence electrons. The van der Waals surface area contributed by atoms with E-state index in [0.29, 0.717) is 21.9 Å². The molecule has 0 aromatic heterocycles. The lowest BCUT2D eigenvalue weighted by atomic mass is 9.93. The summed E-state index contributed by atoms with van der Waals surface area (Å²) in [7, 11) is 1.99. The maximum absolute atomic E-state index is 12.7. The van der Waals surface area contributed by atoms with Crippen LogP contribution in [0.3, 0.4) is 0 Å². The van der Waals surface area contributed by atoms with Crippen LogP contribution in [-0.4, -0.2) is 37.5 Å². The van der Waals surface area contributed by atoms with Gasteiger partial charge in [0.1, 0.15) is 0 Å². The molecule has 1 heterocycles. The van der Waals surface area contributed by atoms with Gasteiger partial charge in [0.15, 0.2) is 0 Å². The number of likely N-dealkylation sites (tertiary alicyclic amines) is 1. The summed E-state index contributed by atoms with van der Waals surface area (Å²) in [6.07, 6.45) is 4.43. The molecule has 2 unspecified atom stereocenters. The largest absolute Gasteiger partial charge is 0.342 e. The molecule has 1 aromatic carbocycles. The lowest BCUT2D eigenvalue weighted by Gasteiger charge is -2.32. The van der Waals surface area contributed by atoms with Crippen LogP contribution >= 0.6 is 35.6 Å². The molecule has 0 radical (unpaired) electrons. The fourth-order valence-corrected chi connectivity index (χ4v) is 3.91. The summed E-state index contributed by atoms with van der Waals surface area (Å²) in [4.78, 5) is 14.7. The summed E-state index contributed by atoms with van der Waals surface area (Å²) < 4.78 is 0. The molecule has 2 aliphatic rings. The van der Waals surface area contributed by atoms with Gasteiger partial charge < -0.3 is 10.2 Å². The van der Waals surface area contributed by atoms with Crippen molar-refractivity contribution in [2.45, 2.75) is 31.6 Å². The van der Waals surface area contributed by atoms with Gasteiger partial charge in [-0.05, 0) is 68.8 Å². The van der Waals surface area contributed by atoms with Crippen LogP contribution in [0.4, 0.5) is 0 Å². The van der Waals surface area contributed by atoms with Crippen molar-refractivity contribution in [3.63, 3.8) is 0 Å². The minimum atomic E-state index is 0. The Morgan fingerprint density at radius 3 is 2.58 bits per heavy atom. The Morgan fingerprint density at radius 1 is 1.25 bits per heavy atom. The van der Waals surface area contributed by atoms with Gasteiger partial charge in [-0.2, -0.15) is 0 Å². The maximum Gasteiger partial charge on any atom is 0.226 e. The summed E-state index contributed by atoms with van der Waals surface area (Å²) in [6, 6.07) is 5.73. The van der Waals surface area contributed by atoms with Crippen molar-refractivity contribution in [3.8, 4) is 0 Å². The maximum atomic E-state index is 12.7. The van der Waals surface area contributed by atoms with Gasteiger partial charge in [-0.1, -0.05) is 29.3 Å². The van der Waals surface area contributed by atoms with Crippen LogP contribution < -0.4 is 5.32 Å². The van der Waals surface area contributed by atoms with Crippen molar-refractivity contribution < 1.29 is 4.79 Å². The van der Waals surface area contributed by atoms with Crippen molar-refractivity contribution in [2.24, 2.45) is 11.8 Å². The Balaban J connectivity index is 0.00000208. The van der Waals surface area contributed by atoms with Crippen molar-refractivity contribution >= 4 is 41.5 Å². The van der Waals surface area contributed by atoms with E-state index in [2.05, 4.69) is 10.2 Å². The van der Waals surface area contributed by atoms with Gasteiger partial charge in [-0.25, -0.2) is 0 Å². The highest BCUT2D eigenvalue weighted by Crippen LogP contribution is 2.49.